The second-order valence-electron chi connectivity index (χ2n) is 4.95. The third-order valence-electron chi connectivity index (χ3n) is 2.86. The first-order valence-electron chi connectivity index (χ1n) is 7.31. The van der Waals surface area contributed by atoms with Crippen molar-refractivity contribution in [3.63, 3.8) is 0 Å². The van der Waals surface area contributed by atoms with E-state index in [0.717, 1.165) is 11.1 Å². The SMILES string of the molecule is CCNC(=O)CNC(=O)COC(=O)COc1ccc(C)cc1C. The van der Waals surface area contributed by atoms with Gasteiger partial charge in [0.2, 0.25) is 5.91 Å². The predicted octanol–water partition coefficient (Wildman–Crippen LogP) is 0.478. The topological polar surface area (TPSA) is 93.7 Å². The zero-order valence-corrected chi connectivity index (χ0v) is 13.6. The van der Waals surface area contributed by atoms with Gasteiger partial charge in [-0.1, -0.05) is 17.7 Å². The second kappa shape index (κ2) is 9.45. The molecule has 0 fully saturated rings. The van der Waals surface area contributed by atoms with Gasteiger partial charge in [-0.25, -0.2) is 4.79 Å². The molecule has 2 N–H and O–H groups in total. The van der Waals surface area contributed by atoms with Crippen LogP contribution in [0.1, 0.15) is 18.1 Å². The van der Waals surface area contributed by atoms with Gasteiger partial charge in [0.15, 0.2) is 13.2 Å². The Hall–Kier alpha value is -2.57. The molecular weight excluding hydrogens is 300 g/mol. The molecule has 0 aromatic heterocycles. The number of esters is 1. The number of amides is 2. The van der Waals surface area contributed by atoms with Gasteiger partial charge in [-0.05, 0) is 32.4 Å². The van der Waals surface area contributed by atoms with Gasteiger partial charge >= 0.3 is 5.97 Å². The summed E-state index contributed by atoms with van der Waals surface area (Å²) in [7, 11) is 0. The lowest BCUT2D eigenvalue weighted by Crippen LogP contribution is -2.38. The molecule has 126 valence electrons. The Morgan fingerprint density at radius 1 is 1.04 bits per heavy atom. The fourth-order valence-electron chi connectivity index (χ4n) is 1.78. The van der Waals surface area contributed by atoms with Crippen LogP contribution in [0.2, 0.25) is 0 Å². The molecule has 0 aliphatic carbocycles. The first-order valence-corrected chi connectivity index (χ1v) is 7.31. The van der Waals surface area contributed by atoms with Crippen molar-refractivity contribution in [2.24, 2.45) is 0 Å². The van der Waals surface area contributed by atoms with Gasteiger partial charge < -0.3 is 20.1 Å². The standard InChI is InChI=1S/C16H22N2O5/c1-4-17-14(19)8-18-15(20)9-23-16(21)10-22-13-6-5-11(2)7-12(13)3/h5-7H,4,8-10H2,1-3H3,(H,17,19)(H,18,20). The number of carbonyl (C=O) groups is 3. The number of hydrogen-bond donors (Lipinski definition) is 2. The molecule has 0 aliphatic heterocycles. The van der Waals surface area contributed by atoms with Crippen LogP contribution in [0.15, 0.2) is 18.2 Å². The van der Waals surface area contributed by atoms with Crippen LogP contribution in [-0.2, 0) is 19.1 Å². The lowest BCUT2D eigenvalue weighted by atomic mass is 10.1. The smallest absolute Gasteiger partial charge is 0.344 e. The molecule has 0 atom stereocenters. The van der Waals surface area contributed by atoms with E-state index in [1.54, 1.807) is 13.0 Å². The zero-order valence-electron chi connectivity index (χ0n) is 13.6. The molecule has 1 aromatic rings. The third kappa shape index (κ3) is 7.30. The van der Waals surface area contributed by atoms with Gasteiger partial charge in [-0.2, -0.15) is 0 Å². The molecule has 7 heteroatoms. The summed E-state index contributed by atoms with van der Waals surface area (Å²) in [5.74, 6) is -0.909. The average molecular weight is 322 g/mol. The van der Waals surface area contributed by atoms with Crippen LogP contribution in [0.25, 0.3) is 0 Å². The minimum Gasteiger partial charge on any atom is -0.482 e. The number of benzene rings is 1. The van der Waals surface area contributed by atoms with E-state index in [9.17, 15) is 14.4 Å². The molecule has 0 spiro atoms. The molecule has 1 aromatic carbocycles. The van der Waals surface area contributed by atoms with E-state index < -0.39 is 18.5 Å². The predicted molar refractivity (Wildman–Crippen MR) is 84.1 cm³/mol. The van der Waals surface area contributed by atoms with Crippen LogP contribution in [0, 0.1) is 13.8 Å². The number of likely N-dealkylation sites (N-methyl/N-ethyl adjacent to an activating group) is 1. The number of nitrogens with one attached hydrogen (secondary N) is 2. The van der Waals surface area contributed by atoms with Crippen LogP contribution in [0.4, 0.5) is 0 Å². The van der Waals surface area contributed by atoms with Crippen molar-refractivity contribution < 1.29 is 23.9 Å². The number of hydrogen-bond acceptors (Lipinski definition) is 5. The summed E-state index contributed by atoms with van der Waals surface area (Å²) in [4.78, 5) is 34.1. The van der Waals surface area contributed by atoms with Crippen LogP contribution in [0.5, 0.6) is 5.75 Å². The minimum absolute atomic E-state index is 0.150. The summed E-state index contributed by atoms with van der Waals surface area (Å²) in [5, 5.41) is 4.87. The van der Waals surface area contributed by atoms with E-state index in [0.29, 0.717) is 12.3 Å². The zero-order chi connectivity index (χ0) is 17.2. The molecule has 23 heavy (non-hydrogen) atoms. The van der Waals surface area contributed by atoms with Crippen LogP contribution >= 0.6 is 0 Å². The highest BCUT2D eigenvalue weighted by Crippen LogP contribution is 2.18. The minimum atomic E-state index is -0.655. The summed E-state index contributed by atoms with van der Waals surface area (Å²) in [6, 6.07) is 5.59. The Balaban J connectivity index is 2.26. The quantitative estimate of drug-likeness (QED) is 0.679. The van der Waals surface area contributed by atoms with Crippen molar-refractivity contribution in [1.29, 1.82) is 0 Å². The lowest BCUT2D eigenvalue weighted by molar-refractivity contribution is -0.150. The van der Waals surface area contributed by atoms with Crippen LogP contribution in [0.3, 0.4) is 0 Å². The Kier molecular flexibility index (Phi) is 7.59. The Morgan fingerprint density at radius 2 is 1.78 bits per heavy atom. The van der Waals surface area contributed by atoms with Crippen molar-refractivity contribution in [2.45, 2.75) is 20.8 Å². The van der Waals surface area contributed by atoms with Crippen LogP contribution < -0.4 is 15.4 Å². The van der Waals surface area contributed by atoms with E-state index in [4.69, 9.17) is 9.47 Å². The van der Waals surface area contributed by atoms with Crippen molar-refractivity contribution in [3.8, 4) is 5.75 Å². The highest BCUT2D eigenvalue weighted by atomic mass is 16.6. The Morgan fingerprint density at radius 3 is 2.43 bits per heavy atom. The van der Waals surface area contributed by atoms with E-state index in [2.05, 4.69) is 10.6 Å². The van der Waals surface area contributed by atoms with Crippen molar-refractivity contribution >= 4 is 17.8 Å². The molecule has 7 nitrogen and oxygen atoms in total. The average Bonchev–Trinajstić information content (AvgIpc) is 2.50. The first-order chi connectivity index (χ1) is 10.9. The van der Waals surface area contributed by atoms with Gasteiger partial charge in [0.05, 0.1) is 6.54 Å². The second-order valence-corrected chi connectivity index (χ2v) is 4.95. The third-order valence-corrected chi connectivity index (χ3v) is 2.86. The fraction of sp³-hybridized carbons (Fsp3) is 0.438. The summed E-state index contributed by atoms with van der Waals surface area (Å²) in [6.45, 7) is 5.22. The van der Waals surface area contributed by atoms with E-state index >= 15 is 0 Å². The summed E-state index contributed by atoms with van der Waals surface area (Å²) < 4.78 is 10.1. The van der Waals surface area contributed by atoms with E-state index in [1.165, 1.54) is 0 Å². The van der Waals surface area contributed by atoms with E-state index in [1.807, 2.05) is 26.0 Å². The van der Waals surface area contributed by atoms with Gasteiger partial charge in [-0.15, -0.1) is 0 Å². The number of carbonyl (C=O) groups excluding carboxylic acids is 3. The van der Waals surface area contributed by atoms with Crippen molar-refractivity contribution in [1.82, 2.24) is 10.6 Å². The van der Waals surface area contributed by atoms with Crippen LogP contribution in [-0.4, -0.2) is 44.1 Å². The highest BCUT2D eigenvalue weighted by Gasteiger charge is 2.10. The normalized spacial score (nSPS) is 9.87. The van der Waals surface area contributed by atoms with E-state index in [-0.39, 0.29) is 19.1 Å². The first kappa shape index (κ1) is 18.5. The maximum Gasteiger partial charge on any atom is 0.344 e. The summed E-state index contributed by atoms with van der Waals surface area (Å²) in [6.07, 6.45) is 0. The largest absolute Gasteiger partial charge is 0.482 e. The summed E-state index contributed by atoms with van der Waals surface area (Å²) in [5.41, 5.74) is 2.01. The molecule has 0 bridgehead atoms. The maximum atomic E-state index is 11.5. The molecule has 0 radical (unpaired) electrons. The van der Waals surface area contributed by atoms with Gasteiger partial charge in [0.25, 0.3) is 5.91 Å². The summed E-state index contributed by atoms with van der Waals surface area (Å²) >= 11 is 0. The van der Waals surface area contributed by atoms with Crippen molar-refractivity contribution in [2.75, 3.05) is 26.3 Å². The molecule has 0 unspecified atom stereocenters. The molecule has 0 saturated carbocycles. The molecule has 0 aliphatic rings. The molecule has 0 saturated heterocycles. The monoisotopic (exact) mass is 322 g/mol. The fourth-order valence-corrected chi connectivity index (χ4v) is 1.78. The Bertz CT molecular complexity index is 572. The number of ether oxygens (including phenoxy) is 2. The van der Waals surface area contributed by atoms with Gasteiger partial charge in [0.1, 0.15) is 5.75 Å². The highest BCUT2D eigenvalue weighted by molar-refractivity contribution is 5.86. The number of rotatable bonds is 8. The molecule has 1 rings (SSSR count). The lowest BCUT2D eigenvalue weighted by Gasteiger charge is -2.10. The molecular formula is C16H22N2O5. The number of aryl methyl sites for hydroxylation is 2. The Labute approximate surface area is 135 Å². The van der Waals surface area contributed by atoms with Crippen molar-refractivity contribution in [3.05, 3.63) is 29.3 Å². The molecule has 2 amide bonds. The maximum absolute atomic E-state index is 11.5. The van der Waals surface area contributed by atoms with Gasteiger partial charge in [0, 0.05) is 6.54 Å². The van der Waals surface area contributed by atoms with Gasteiger partial charge in [-0.3, -0.25) is 9.59 Å². The molecule has 0 heterocycles.